The van der Waals surface area contributed by atoms with Gasteiger partial charge in [0.1, 0.15) is 0 Å². The Morgan fingerprint density at radius 1 is 1.50 bits per heavy atom. The molecule has 1 fully saturated rings. The first-order valence-corrected chi connectivity index (χ1v) is 7.15. The summed E-state index contributed by atoms with van der Waals surface area (Å²) in [6.07, 6.45) is 3.20. The third kappa shape index (κ3) is 7.61. The van der Waals surface area contributed by atoms with Crippen LogP contribution in [-0.2, 0) is 4.79 Å². The van der Waals surface area contributed by atoms with E-state index in [1.54, 1.807) is 0 Å². The van der Waals surface area contributed by atoms with E-state index in [-0.39, 0.29) is 5.91 Å². The molecule has 1 rings (SSSR count). The summed E-state index contributed by atoms with van der Waals surface area (Å²) in [6.45, 7) is 7.26. The van der Waals surface area contributed by atoms with E-state index in [0.29, 0.717) is 23.9 Å². The van der Waals surface area contributed by atoms with Crippen molar-refractivity contribution in [3.63, 3.8) is 0 Å². The normalized spacial score (nSPS) is 15.1. The molecular formula is C13H25N3OS. The molecule has 4 nitrogen and oxygen atoms in total. The van der Waals surface area contributed by atoms with E-state index >= 15 is 0 Å². The molecule has 0 aromatic heterocycles. The summed E-state index contributed by atoms with van der Waals surface area (Å²) >= 11 is 4.89. The van der Waals surface area contributed by atoms with Crippen LogP contribution in [0.25, 0.3) is 0 Å². The van der Waals surface area contributed by atoms with Crippen molar-refractivity contribution < 1.29 is 4.79 Å². The quantitative estimate of drug-likeness (QED) is 0.618. The minimum atomic E-state index is 0.116. The molecule has 5 heteroatoms. The first-order chi connectivity index (χ1) is 8.47. The number of rotatable bonds is 9. The Hall–Kier alpha value is -0.680. The molecule has 0 aliphatic heterocycles. The van der Waals surface area contributed by atoms with Gasteiger partial charge >= 0.3 is 0 Å². The molecule has 0 aromatic carbocycles. The molecule has 1 aliphatic carbocycles. The SMILES string of the molecule is CC(C)CN(CCC(N)=S)CC(=O)NCC1CC1. The predicted molar refractivity (Wildman–Crippen MR) is 78.4 cm³/mol. The summed E-state index contributed by atoms with van der Waals surface area (Å²) in [5, 5.41) is 2.99. The van der Waals surface area contributed by atoms with Crippen molar-refractivity contribution in [3.8, 4) is 0 Å². The van der Waals surface area contributed by atoms with Gasteiger partial charge in [0.05, 0.1) is 11.5 Å². The number of hydrogen-bond donors (Lipinski definition) is 2. The standard InChI is InChI=1S/C13H25N3OS/c1-10(2)8-16(6-5-12(14)18)9-13(17)15-7-11-3-4-11/h10-11H,3-9H2,1-2H3,(H2,14,18)(H,15,17). The van der Waals surface area contributed by atoms with E-state index in [1.807, 2.05) is 0 Å². The van der Waals surface area contributed by atoms with E-state index < -0.39 is 0 Å². The molecule has 1 amide bonds. The summed E-state index contributed by atoms with van der Waals surface area (Å²) in [6, 6.07) is 0. The van der Waals surface area contributed by atoms with Gasteiger partial charge in [-0.15, -0.1) is 0 Å². The van der Waals surface area contributed by atoms with Gasteiger partial charge in [0.15, 0.2) is 0 Å². The molecule has 0 heterocycles. The molecule has 0 spiro atoms. The van der Waals surface area contributed by atoms with Gasteiger partial charge in [-0.25, -0.2) is 0 Å². The average molecular weight is 271 g/mol. The zero-order valence-electron chi connectivity index (χ0n) is 11.4. The predicted octanol–water partition coefficient (Wildman–Crippen LogP) is 1.15. The Labute approximate surface area is 115 Å². The highest BCUT2D eigenvalue weighted by Gasteiger charge is 2.22. The van der Waals surface area contributed by atoms with Crippen LogP contribution in [0, 0.1) is 11.8 Å². The number of amides is 1. The van der Waals surface area contributed by atoms with Crippen LogP contribution in [0.4, 0.5) is 0 Å². The summed E-state index contributed by atoms with van der Waals surface area (Å²) < 4.78 is 0. The summed E-state index contributed by atoms with van der Waals surface area (Å²) in [7, 11) is 0. The molecule has 0 bridgehead atoms. The maximum atomic E-state index is 11.8. The fourth-order valence-corrected chi connectivity index (χ4v) is 1.95. The zero-order chi connectivity index (χ0) is 13.5. The smallest absolute Gasteiger partial charge is 0.234 e. The summed E-state index contributed by atoms with van der Waals surface area (Å²) in [5.74, 6) is 1.38. The first kappa shape index (κ1) is 15.4. The highest BCUT2D eigenvalue weighted by atomic mass is 32.1. The number of nitrogens with one attached hydrogen (secondary N) is 1. The topological polar surface area (TPSA) is 58.4 Å². The van der Waals surface area contributed by atoms with Crippen LogP contribution in [-0.4, -0.2) is 42.0 Å². The minimum absolute atomic E-state index is 0.116. The lowest BCUT2D eigenvalue weighted by Crippen LogP contribution is -2.40. The summed E-state index contributed by atoms with van der Waals surface area (Å²) in [4.78, 5) is 14.4. The molecule has 0 atom stereocenters. The fraction of sp³-hybridized carbons (Fsp3) is 0.846. The highest BCUT2D eigenvalue weighted by Crippen LogP contribution is 2.27. The van der Waals surface area contributed by atoms with E-state index in [0.717, 1.165) is 25.6 Å². The lowest BCUT2D eigenvalue weighted by molar-refractivity contribution is -0.122. The molecular weight excluding hydrogens is 246 g/mol. The van der Waals surface area contributed by atoms with Gasteiger partial charge < -0.3 is 11.1 Å². The third-order valence-corrected chi connectivity index (χ3v) is 3.15. The monoisotopic (exact) mass is 271 g/mol. The molecule has 18 heavy (non-hydrogen) atoms. The van der Waals surface area contributed by atoms with Gasteiger partial charge in [-0.3, -0.25) is 9.69 Å². The van der Waals surface area contributed by atoms with Crippen LogP contribution < -0.4 is 11.1 Å². The van der Waals surface area contributed by atoms with E-state index in [1.165, 1.54) is 12.8 Å². The lowest BCUT2D eigenvalue weighted by Gasteiger charge is -2.23. The average Bonchev–Trinajstić information content (AvgIpc) is 3.06. The van der Waals surface area contributed by atoms with E-state index in [4.69, 9.17) is 18.0 Å². The van der Waals surface area contributed by atoms with E-state index in [2.05, 4.69) is 24.1 Å². The van der Waals surface area contributed by atoms with Crippen molar-refractivity contribution in [1.29, 1.82) is 0 Å². The van der Waals surface area contributed by atoms with Crippen LogP contribution >= 0.6 is 12.2 Å². The molecule has 104 valence electrons. The van der Waals surface area contributed by atoms with Gasteiger partial charge in [0.2, 0.25) is 5.91 Å². The Bertz CT molecular complexity index is 290. The number of nitrogens with zero attached hydrogens (tertiary/aromatic N) is 1. The number of thiocarbonyl (C=S) groups is 1. The van der Waals surface area contributed by atoms with Crippen molar-refractivity contribution >= 4 is 23.1 Å². The van der Waals surface area contributed by atoms with Crippen LogP contribution in [0.5, 0.6) is 0 Å². The van der Waals surface area contributed by atoms with Gasteiger partial charge in [0, 0.05) is 26.1 Å². The van der Waals surface area contributed by atoms with Crippen molar-refractivity contribution in [2.45, 2.75) is 33.1 Å². The van der Waals surface area contributed by atoms with Crippen molar-refractivity contribution in [2.75, 3.05) is 26.2 Å². The Morgan fingerprint density at radius 2 is 2.17 bits per heavy atom. The molecule has 0 saturated heterocycles. The Balaban J connectivity index is 2.27. The number of nitrogens with two attached hydrogens (primary N) is 1. The molecule has 0 unspecified atom stereocenters. The van der Waals surface area contributed by atoms with Gasteiger partial charge in [-0.05, 0) is 24.7 Å². The highest BCUT2D eigenvalue weighted by molar-refractivity contribution is 7.80. The second-order valence-corrected chi connectivity index (χ2v) is 6.12. The Morgan fingerprint density at radius 3 is 2.67 bits per heavy atom. The molecule has 0 radical (unpaired) electrons. The molecule has 3 N–H and O–H groups in total. The maximum Gasteiger partial charge on any atom is 0.234 e. The lowest BCUT2D eigenvalue weighted by atomic mass is 10.2. The second-order valence-electron chi connectivity index (χ2n) is 5.59. The maximum absolute atomic E-state index is 11.8. The number of carbonyl (C=O) groups is 1. The largest absolute Gasteiger partial charge is 0.393 e. The Kier molecular flexibility index (Phi) is 6.57. The number of carbonyl (C=O) groups excluding carboxylic acids is 1. The van der Waals surface area contributed by atoms with Gasteiger partial charge in [-0.2, -0.15) is 0 Å². The first-order valence-electron chi connectivity index (χ1n) is 6.74. The van der Waals surface area contributed by atoms with Crippen molar-refractivity contribution in [1.82, 2.24) is 10.2 Å². The molecule has 1 aliphatic rings. The van der Waals surface area contributed by atoms with Crippen LogP contribution in [0.3, 0.4) is 0 Å². The fourth-order valence-electron chi connectivity index (χ4n) is 1.86. The van der Waals surface area contributed by atoms with Gasteiger partial charge in [-0.1, -0.05) is 26.1 Å². The van der Waals surface area contributed by atoms with Crippen LogP contribution in [0.1, 0.15) is 33.1 Å². The zero-order valence-corrected chi connectivity index (χ0v) is 12.3. The van der Waals surface area contributed by atoms with Crippen LogP contribution in [0.15, 0.2) is 0 Å². The van der Waals surface area contributed by atoms with Crippen LogP contribution in [0.2, 0.25) is 0 Å². The molecule has 1 saturated carbocycles. The summed E-state index contributed by atoms with van der Waals surface area (Å²) in [5.41, 5.74) is 5.51. The van der Waals surface area contributed by atoms with Crippen molar-refractivity contribution in [3.05, 3.63) is 0 Å². The van der Waals surface area contributed by atoms with E-state index in [9.17, 15) is 4.79 Å². The second kappa shape index (κ2) is 7.69. The number of hydrogen-bond acceptors (Lipinski definition) is 3. The van der Waals surface area contributed by atoms with Crippen molar-refractivity contribution in [2.24, 2.45) is 17.6 Å². The molecule has 0 aromatic rings. The van der Waals surface area contributed by atoms with Gasteiger partial charge in [0.25, 0.3) is 0 Å². The third-order valence-electron chi connectivity index (χ3n) is 2.95. The minimum Gasteiger partial charge on any atom is -0.393 e.